The summed E-state index contributed by atoms with van der Waals surface area (Å²) in [7, 11) is 4.06. The Kier molecular flexibility index (Phi) is 4.46. The summed E-state index contributed by atoms with van der Waals surface area (Å²) >= 11 is 0. The second-order valence-corrected chi connectivity index (χ2v) is 5.13. The van der Waals surface area contributed by atoms with Gasteiger partial charge in [0.1, 0.15) is 0 Å². The zero-order valence-electron chi connectivity index (χ0n) is 11.2. The molecular weight excluding hydrogens is 250 g/mol. The van der Waals surface area contributed by atoms with Gasteiger partial charge in [0.2, 0.25) is 0 Å². The maximum Gasteiger partial charge on any atom is 0.159 e. The monoisotopic (exact) mass is 270 g/mol. The second-order valence-electron chi connectivity index (χ2n) is 5.13. The average Bonchev–Trinajstić information content (AvgIpc) is 2.38. The van der Waals surface area contributed by atoms with Crippen molar-refractivity contribution in [3.63, 3.8) is 0 Å². The minimum atomic E-state index is -0.843. The van der Waals surface area contributed by atoms with Crippen LogP contribution in [-0.4, -0.2) is 49.6 Å². The van der Waals surface area contributed by atoms with Crippen LogP contribution in [0.5, 0.6) is 0 Å². The highest BCUT2D eigenvalue weighted by Gasteiger charge is 2.30. The lowest BCUT2D eigenvalue weighted by atomic mass is 9.96. The van der Waals surface area contributed by atoms with Gasteiger partial charge in [0, 0.05) is 25.7 Å². The van der Waals surface area contributed by atoms with Crippen LogP contribution in [0.25, 0.3) is 0 Å². The fraction of sp³-hybridized carbons (Fsp3) is 0.538. The molecule has 2 rings (SSSR count). The topological polar surface area (TPSA) is 44.5 Å². The molecule has 3 N–H and O–H groups in total. The Hall–Kier alpha value is -1.08. The van der Waals surface area contributed by atoms with Gasteiger partial charge in [0.25, 0.3) is 0 Å². The zero-order chi connectivity index (χ0) is 14.0. The van der Waals surface area contributed by atoms with Gasteiger partial charge in [-0.15, -0.1) is 0 Å². The van der Waals surface area contributed by atoms with Crippen LogP contribution in [0.2, 0.25) is 0 Å². The van der Waals surface area contributed by atoms with E-state index in [0.717, 1.165) is 25.7 Å². The van der Waals surface area contributed by atoms with Crippen LogP contribution < -0.4 is 11.3 Å². The van der Waals surface area contributed by atoms with Gasteiger partial charge in [0.15, 0.2) is 11.6 Å². The molecule has 19 heavy (non-hydrogen) atoms. The molecular formula is C13H20F2N4. The van der Waals surface area contributed by atoms with Gasteiger partial charge in [-0.25, -0.2) is 8.78 Å². The van der Waals surface area contributed by atoms with Gasteiger partial charge in [-0.2, -0.15) is 0 Å². The molecule has 0 amide bonds. The van der Waals surface area contributed by atoms with E-state index >= 15 is 0 Å². The van der Waals surface area contributed by atoms with Crippen LogP contribution in [0.4, 0.5) is 8.78 Å². The number of hydrogen-bond acceptors (Lipinski definition) is 4. The molecule has 1 saturated heterocycles. The van der Waals surface area contributed by atoms with E-state index in [9.17, 15) is 8.78 Å². The smallest absolute Gasteiger partial charge is 0.159 e. The first-order valence-corrected chi connectivity index (χ1v) is 6.32. The predicted molar refractivity (Wildman–Crippen MR) is 70.3 cm³/mol. The lowest BCUT2D eigenvalue weighted by molar-refractivity contribution is 0.0875. The number of halogens is 2. The molecule has 1 aliphatic heterocycles. The van der Waals surface area contributed by atoms with Crippen LogP contribution >= 0.6 is 0 Å². The third-order valence-electron chi connectivity index (χ3n) is 3.77. The fourth-order valence-corrected chi connectivity index (χ4v) is 2.54. The van der Waals surface area contributed by atoms with E-state index in [-0.39, 0.29) is 12.1 Å². The highest BCUT2D eigenvalue weighted by atomic mass is 19.2. The standard InChI is InChI=1S/C13H20F2N4/c1-18-5-6-19(2)12(8-18)13(17-16)9-3-4-10(14)11(15)7-9/h3-4,7,12-13,17H,5-6,8,16H2,1-2H3. The maximum atomic E-state index is 13.3. The van der Waals surface area contributed by atoms with E-state index in [2.05, 4.69) is 15.2 Å². The minimum absolute atomic E-state index is 0.119. The number of nitrogens with one attached hydrogen (secondary N) is 1. The minimum Gasteiger partial charge on any atom is -0.303 e. The first-order valence-electron chi connectivity index (χ1n) is 6.32. The second kappa shape index (κ2) is 5.92. The Morgan fingerprint density at radius 2 is 2.00 bits per heavy atom. The molecule has 1 aromatic rings. The number of piperazine rings is 1. The van der Waals surface area contributed by atoms with Crippen molar-refractivity contribution < 1.29 is 8.78 Å². The predicted octanol–water partition coefficient (Wildman–Crippen LogP) is 0.715. The van der Waals surface area contributed by atoms with E-state index in [1.807, 2.05) is 14.1 Å². The molecule has 106 valence electrons. The van der Waals surface area contributed by atoms with E-state index in [1.54, 1.807) is 6.07 Å². The first-order chi connectivity index (χ1) is 9.02. The van der Waals surface area contributed by atoms with Crippen molar-refractivity contribution in [3.8, 4) is 0 Å². The molecule has 0 radical (unpaired) electrons. The summed E-state index contributed by atoms with van der Waals surface area (Å²) in [6.45, 7) is 2.73. The third-order valence-corrected chi connectivity index (χ3v) is 3.77. The van der Waals surface area contributed by atoms with Crippen molar-refractivity contribution in [1.29, 1.82) is 0 Å². The quantitative estimate of drug-likeness (QED) is 0.627. The summed E-state index contributed by atoms with van der Waals surface area (Å²) in [5.41, 5.74) is 3.39. The summed E-state index contributed by atoms with van der Waals surface area (Å²) in [5.74, 6) is 3.94. The lowest BCUT2D eigenvalue weighted by Crippen LogP contribution is -2.56. The molecule has 2 unspecified atom stereocenters. The Balaban J connectivity index is 2.25. The molecule has 0 spiro atoms. The highest BCUT2D eigenvalue weighted by Crippen LogP contribution is 2.24. The Bertz CT molecular complexity index is 441. The molecule has 1 aromatic carbocycles. The molecule has 0 bridgehead atoms. The van der Waals surface area contributed by atoms with Crippen LogP contribution in [-0.2, 0) is 0 Å². The van der Waals surface area contributed by atoms with Crippen molar-refractivity contribution in [3.05, 3.63) is 35.4 Å². The van der Waals surface area contributed by atoms with Gasteiger partial charge in [-0.3, -0.25) is 16.2 Å². The summed E-state index contributed by atoms with van der Waals surface area (Å²) < 4.78 is 26.4. The molecule has 0 saturated carbocycles. The van der Waals surface area contributed by atoms with Gasteiger partial charge < -0.3 is 4.90 Å². The number of rotatable bonds is 3. The maximum absolute atomic E-state index is 13.3. The van der Waals surface area contributed by atoms with Crippen LogP contribution in [0.1, 0.15) is 11.6 Å². The molecule has 1 heterocycles. The molecule has 1 aliphatic rings. The average molecular weight is 270 g/mol. The largest absolute Gasteiger partial charge is 0.303 e. The third kappa shape index (κ3) is 3.09. The normalized spacial score (nSPS) is 23.5. The highest BCUT2D eigenvalue weighted by molar-refractivity contribution is 5.23. The van der Waals surface area contributed by atoms with Crippen molar-refractivity contribution in [2.24, 2.45) is 5.84 Å². The zero-order valence-corrected chi connectivity index (χ0v) is 11.2. The molecule has 4 nitrogen and oxygen atoms in total. The van der Waals surface area contributed by atoms with Crippen LogP contribution in [0.3, 0.4) is 0 Å². The number of hydrogen-bond donors (Lipinski definition) is 2. The Morgan fingerprint density at radius 3 is 2.63 bits per heavy atom. The van der Waals surface area contributed by atoms with E-state index in [4.69, 9.17) is 5.84 Å². The Morgan fingerprint density at radius 1 is 1.26 bits per heavy atom. The van der Waals surface area contributed by atoms with Crippen molar-refractivity contribution in [1.82, 2.24) is 15.2 Å². The van der Waals surface area contributed by atoms with Gasteiger partial charge in [-0.05, 0) is 31.8 Å². The molecule has 6 heteroatoms. The number of nitrogens with two attached hydrogens (primary N) is 1. The van der Waals surface area contributed by atoms with Crippen molar-refractivity contribution in [2.75, 3.05) is 33.7 Å². The van der Waals surface area contributed by atoms with Crippen molar-refractivity contribution >= 4 is 0 Å². The van der Waals surface area contributed by atoms with E-state index in [0.29, 0.717) is 5.56 Å². The van der Waals surface area contributed by atoms with Crippen LogP contribution in [0.15, 0.2) is 18.2 Å². The molecule has 1 fully saturated rings. The SMILES string of the molecule is CN1CCN(C)C(C(NN)c2ccc(F)c(F)c2)C1. The van der Waals surface area contributed by atoms with E-state index < -0.39 is 11.6 Å². The molecule has 0 aromatic heterocycles. The van der Waals surface area contributed by atoms with Gasteiger partial charge in [0.05, 0.1) is 6.04 Å². The first kappa shape index (κ1) is 14.3. The number of nitrogens with zero attached hydrogens (tertiary/aromatic N) is 2. The molecule has 0 aliphatic carbocycles. The summed E-state index contributed by atoms with van der Waals surface area (Å²) in [5, 5.41) is 0. The van der Waals surface area contributed by atoms with Gasteiger partial charge in [-0.1, -0.05) is 6.07 Å². The van der Waals surface area contributed by atoms with Crippen molar-refractivity contribution in [2.45, 2.75) is 12.1 Å². The number of benzene rings is 1. The molecule has 2 atom stereocenters. The number of hydrazine groups is 1. The summed E-state index contributed by atoms with van der Waals surface area (Å²) in [6.07, 6.45) is 0. The Labute approximate surface area is 112 Å². The van der Waals surface area contributed by atoms with Crippen LogP contribution in [0, 0.1) is 11.6 Å². The fourth-order valence-electron chi connectivity index (χ4n) is 2.54. The lowest BCUT2D eigenvalue weighted by Gasteiger charge is -2.41. The number of likely N-dealkylation sites (N-methyl/N-ethyl adjacent to an activating group) is 2. The summed E-state index contributed by atoms with van der Waals surface area (Å²) in [4.78, 5) is 4.39. The van der Waals surface area contributed by atoms with E-state index in [1.165, 1.54) is 6.07 Å². The van der Waals surface area contributed by atoms with Gasteiger partial charge >= 0.3 is 0 Å². The summed E-state index contributed by atoms with van der Waals surface area (Å²) in [6, 6.07) is 3.81.